The van der Waals surface area contributed by atoms with Crippen LogP contribution in [0.1, 0.15) is 5.56 Å². The third kappa shape index (κ3) is 2.05. The molecule has 2 heteroatoms. The maximum Gasteiger partial charge on any atom is 0.0715 e. The zero-order valence-electron chi connectivity index (χ0n) is 12.2. The normalized spacial score (nSPS) is 11.1. The van der Waals surface area contributed by atoms with Gasteiger partial charge in [0.1, 0.15) is 0 Å². The maximum atomic E-state index is 5.71. The monoisotopic (exact) mass is 284 g/mol. The number of nitrogens with zero attached hydrogens (tertiary/aromatic N) is 1. The molecular formula is C20H16N2. The fourth-order valence-corrected chi connectivity index (χ4v) is 2.96. The zero-order chi connectivity index (χ0) is 14.9. The molecule has 4 rings (SSSR count). The predicted octanol–water partition coefficient (Wildman–Crippen LogP) is 4.51. The van der Waals surface area contributed by atoms with Gasteiger partial charge in [-0.2, -0.15) is 0 Å². The molecule has 4 aromatic rings. The van der Waals surface area contributed by atoms with Gasteiger partial charge in [-0.05, 0) is 23.3 Å². The molecule has 0 saturated carbocycles. The van der Waals surface area contributed by atoms with Crippen LogP contribution in [0.3, 0.4) is 0 Å². The third-order valence-corrected chi connectivity index (χ3v) is 4.07. The Morgan fingerprint density at radius 2 is 1.23 bits per heavy atom. The molecule has 0 atom stereocenters. The Morgan fingerprint density at radius 3 is 1.77 bits per heavy atom. The van der Waals surface area contributed by atoms with Crippen molar-refractivity contribution in [2.75, 3.05) is 0 Å². The zero-order valence-corrected chi connectivity index (χ0v) is 12.2. The molecule has 22 heavy (non-hydrogen) atoms. The molecule has 0 radical (unpaired) electrons. The number of nitrogens with two attached hydrogens (primary N) is 1. The van der Waals surface area contributed by atoms with Crippen LogP contribution >= 0.6 is 0 Å². The van der Waals surface area contributed by atoms with E-state index in [2.05, 4.69) is 60.7 Å². The highest BCUT2D eigenvalue weighted by molar-refractivity contribution is 6.09. The Labute approximate surface area is 129 Å². The Morgan fingerprint density at radius 1 is 0.682 bits per heavy atom. The van der Waals surface area contributed by atoms with Crippen LogP contribution in [-0.4, -0.2) is 4.98 Å². The highest BCUT2D eigenvalue weighted by atomic mass is 14.7. The van der Waals surface area contributed by atoms with Crippen LogP contribution in [0.2, 0.25) is 0 Å². The van der Waals surface area contributed by atoms with Gasteiger partial charge in [-0.25, -0.2) is 4.98 Å². The Bertz CT molecular complexity index is 902. The number of benzene rings is 3. The fraction of sp³-hybridized carbons (Fsp3) is 0.0500. The van der Waals surface area contributed by atoms with Gasteiger partial charge in [-0.1, -0.05) is 60.7 Å². The SMILES string of the molecule is NCc1ccc(-c2c3ccccc3nc3ccccc23)cc1. The second-order valence-electron chi connectivity index (χ2n) is 5.42. The molecule has 3 aromatic carbocycles. The molecule has 0 unspecified atom stereocenters. The summed E-state index contributed by atoms with van der Waals surface area (Å²) in [6.45, 7) is 0.568. The van der Waals surface area contributed by atoms with Crippen molar-refractivity contribution in [2.24, 2.45) is 5.73 Å². The van der Waals surface area contributed by atoms with Crippen molar-refractivity contribution in [1.29, 1.82) is 0 Å². The second-order valence-corrected chi connectivity index (χ2v) is 5.42. The number of para-hydroxylation sites is 2. The lowest BCUT2D eigenvalue weighted by Crippen LogP contribution is -1.95. The van der Waals surface area contributed by atoms with Crippen LogP contribution in [0.15, 0.2) is 72.8 Å². The maximum absolute atomic E-state index is 5.71. The minimum absolute atomic E-state index is 0.568. The van der Waals surface area contributed by atoms with Gasteiger partial charge in [0.25, 0.3) is 0 Å². The van der Waals surface area contributed by atoms with E-state index < -0.39 is 0 Å². The molecule has 0 saturated heterocycles. The minimum Gasteiger partial charge on any atom is -0.326 e. The average molecular weight is 284 g/mol. The highest BCUT2D eigenvalue weighted by Gasteiger charge is 2.10. The smallest absolute Gasteiger partial charge is 0.0715 e. The van der Waals surface area contributed by atoms with E-state index in [0.717, 1.165) is 16.6 Å². The summed E-state index contributed by atoms with van der Waals surface area (Å²) in [6.07, 6.45) is 0. The second kappa shape index (κ2) is 5.24. The van der Waals surface area contributed by atoms with Crippen molar-refractivity contribution in [3.8, 4) is 11.1 Å². The number of hydrogen-bond donors (Lipinski definition) is 1. The van der Waals surface area contributed by atoms with Crippen molar-refractivity contribution >= 4 is 21.8 Å². The Balaban J connectivity index is 2.11. The molecule has 0 fully saturated rings. The van der Waals surface area contributed by atoms with Crippen molar-refractivity contribution < 1.29 is 0 Å². The summed E-state index contributed by atoms with van der Waals surface area (Å²) in [5.41, 5.74) is 11.3. The van der Waals surface area contributed by atoms with Crippen molar-refractivity contribution in [3.63, 3.8) is 0 Å². The van der Waals surface area contributed by atoms with Crippen molar-refractivity contribution in [3.05, 3.63) is 78.4 Å². The Hall–Kier alpha value is -2.71. The van der Waals surface area contributed by atoms with Crippen LogP contribution in [-0.2, 0) is 6.54 Å². The van der Waals surface area contributed by atoms with Gasteiger partial charge in [0, 0.05) is 22.9 Å². The van der Waals surface area contributed by atoms with E-state index in [1.54, 1.807) is 0 Å². The van der Waals surface area contributed by atoms with Crippen molar-refractivity contribution in [2.45, 2.75) is 6.54 Å². The number of pyridine rings is 1. The molecule has 0 aliphatic rings. The van der Waals surface area contributed by atoms with E-state index in [0.29, 0.717) is 6.54 Å². The molecule has 0 aliphatic heterocycles. The van der Waals surface area contributed by atoms with E-state index in [-0.39, 0.29) is 0 Å². The molecule has 0 spiro atoms. The predicted molar refractivity (Wildman–Crippen MR) is 92.6 cm³/mol. The molecule has 0 bridgehead atoms. The fourth-order valence-electron chi connectivity index (χ4n) is 2.96. The topological polar surface area (TPSA) is 38.9 Å². The average Bonchev–Trinajstić information content (AvgIpc) is 2.60. The molecule has 0 aliphatic carbocycles. The number of hydrogen-bond acceptors (Lipinski definition) is 2. The first-order valence-corrected chi connectivity index (χ1v) is 7.44. The molecular weight excluding hydrogens is 268 g/mol. The first kappa shape index (κ1) is 13.0. The van der Waals surface area contributed by atoms with Gasteiger partial charge >= 0.3 is 0 Å². The summed E-state index contributed by atoms with van der Waals surface area (Å²) in [5.74, 6) is 0. The standard InChI is InChI=1S/C20H16N2/c21-13-14-9-11-15(12-10-14)20-16-5-1-3-7-18(16)22-19-8-4-2-6-17(19)20/h1-12H,13,21H2. The molecule has 1 heterocycles. The summed E-state index contributed by atoms with van der Waals surface area (Å²) in [5, 5.41) is 2.36. The summed E-state index contributed by atoms with van der Waals surface area (Å²) in [7, 11) is 0. The van der Waals surface area contributed by atoms with Gasteiger partial charge < -0.3 is 5.73 Å². The lowest BCUT2D eigenvalue weighted by molar-refractivity contribution is 1.07. The minimum atomic E-state index is 0.568. The van der Waals surface area contributed by atoms with E-state index in [4.69, 9.17) is 10.7 Å². The van der Waals surface area contributed by atoms with Crippen LogP contribution in [0.5, 0.6) is 0 Å². The lowest BCUT2D eigenvalue weighted by Gasteiger charge is -2.11. The van der Waals surface area contributed by atoms with Gasteiger partial charge in [0.2, 0.25) is 0 Å². The van der Waals surface area contributed by atoms with E-state index >= 15 is 0 Å². The molecule has 0 amide bonds. The summed E-state index contributed by atoms with van der Waals surface area (Å²) in [4.78, 5) is 4.78. The van der Waals surface area contributed by atoms with Crippen LogP contribution in [0, 0.1) is 0 Å². The number of rotatable bonds is 2. The molecule has 106 valence electrons. The van der Waals surface area contributed by atoms with Gasteiger partial charge in [0.15, 0.2) is 0 Å². The lowest BCUT2D eigenvalue weighted by atomic mass is 9.95. The van der Waals surface area contributed by atoms with Crippen molar-refractivity contribution in [1.82, 2.24) is 4.98 Å². The number of aromatic nitrogens is 1. The van der Waals surface area contributed by atoms with Gasteiger partial charge in [-0.15, -0.1) is 0 Å². The van der Waals surface area contributed by atoms with Gasteiger partial charge in [-0.3, -0.25) is 0 Å². The highest BCUT2D eigenvalue weighted by Crippen LogP contribution is 2.34. The quantitative estimate of drug-likeness (QED) is 0.550. The van der Waals surface area contributed by atoms with E-state index in [1.165, 1.54) is 21.9 Å². The third-order valence-electron chi connectivity index (χ3n) is 4.07. The van der Waals surface area contributed by atoms with E-state index in [1.807, 2.05) is 12.1 Å². The largest absolute Gasteiger partial charge is 0.326 e. The molecule has 1 aromatic heterocycles. The molecule has 2 N–H and O–H groups in total. The summed E-state index contributed by atoms with van der Waals surface area (Å²) < 4.78 is 0. The Kier molecular flexibility index (Phi) is 3.10. The summed E-state index contributed by atoms with van der Waals surface area (Å²) in [6, 6.07) is 25.1. The summed E-state index contributed by atoms with van der Waals surface area (Å²) >= 11 is 0. The van der Waals surface area contributed by atoms with Crippen LogP contribution < -0.4 is 5.73 Å². The van der Waals surface area contributed by atoms with Gasteiger partial charge in [0.05, 0.1) is 11.0 Å². The number of fused-ring (bicyclic) bond motifs is 2. The van der Waals surface area contributed by atoms with Crippen LogP contribution in [0.4, 0.5) is 0 Å². The van der Waals surface area contributed by atoms with E-state index in [9.17, 15) is 0 Å². The first-order valence-electron chi connectivity index (χ1n) is 7.44. The molecule has 2 nitrogen and oxygen atoms in total. The van der Waals surface area contributed by atoms with Crippen LogP contribution in [0.25, 0.3) is 32.9 Å². The first-order chi connectivity index (χ1) is 10.9.